The van der Waals surface area contributed by atoms with Crippen LogP contribution in [0.3, 0.4) is 0 Å². The van der Waals surface area contributed by atoms with Crippen molar-refractivity contribution < 1.29 is 30.3 Å². The molecule has 2 unspecified atom stereocenters. The molecule has 1 heterocycles. The first kappa shape index (κ1) is 9.85. The highest BCUT2D eigenvalue weighted by Crippen LogP contribution is 2.18. The average Bonchev–Trinajstić information content (AvgIpc) is 2.08. The van der Waals surface area contributed by atoms with Crippen molar-refractivity contribution in [2.75, 3.05) is 6.61 Å². The van der Waals surface area contributed by atoms with E-state index in [9.17, 15) is 0 Å². The highest BCUT2D eigenvalue weighted by molar-refractivity contribution is 4.87. The van der Waals surface area contributed by atoms with Gasteiger partial charge in [-0.25, -0.2) is 0 Å². The predicted octanol–water partition coefficient (Wildman–Crippen LogP) is -3.22. The molecule has 0 aromatic heterocycles. The molecule has 0 radical (unpaired) electrons. The largest absolute Gasteiger partial charge is 0.394 e. The maximum absolute atomic E-state index is 9.12. The fourth-order valence-electron chi connectivity index (χ4n) is 1.08. The van der Waals surface area contributed by atoms with Gasteiger partial charge in [0.25, 0.3) is 0 Å². The Morgan fingerprint density at radius 1 is 0.917 bits per heavy atom. The molecular formula is C6H12O6. The molecule has 0 saturated carbocycles. The molecule has 5 N–H and O–H groups in total. The van der Waals surface area contributed by atoms with E-state index >= 15 is 0 Å². The molecule has 1 fully saturated rings. The number of ether oxygens (including phenoxy) is 1. The monoisotopic (exact) mass is 180 g/mol. The van der Waals surface area contributed by atoms with Gasteiger partial charge in [0, 0.05) is 0 Å². The Labute approximate surface area is 68.6 Å². The van der Waals surface area contributed by atoms with Crippen LogP contribution in [-0.2, 0) is 4.74 Å². The SMILES string of the molecule is OCC1O[C@@H](O)C(O)[C@@H](O)[C@@H]1O. The van der Waals surface area contributed by atoms with E-state index in [1.165, 1.54) is 0 Å². The molecule has 1 aliphatic heterocycles. The van der Waals surface area contributed by atoms with Gasteiger partial charge in [-0.15, -0.1) is 0 Å². The summed E-state index contributed by atoms with van der Waals surface area (Å²) in [5, 5.41) is 44.7. The molecule has 1 saturated heterocycles. The zero-order chi connectivity index (χ0) is 9.30. The summed E-state index contributed by atoms with van der Waals surface area (Å²) in [5.41, 5.74) is 0. The van der Waals surface area contributed by atoms with E-state index in [1.54, 1.807) is 0 Å². The second kappa shape index (κ2) is 3.65. The Bertz CT molecular complexity index is 146. The Morgan fingerprint density at radius 2 is 1.50 bits per heavy atom. The average molecular weight is 180 g/mol. The van der Waals surface area contributed by atoms with E-state index in [0.29, 0.717) is 0 Å². The first-order chi connectivity index (χ1) is 5.57. The van der Waals surface area contributed by atoms with Gasteiger partial charge in [0.15, 0.2) is 6.29 Å². The summed E-state index contributed by atoms with van der Waals surface area (Å²) in [7, 11) is 0. The third kappa shape index (κ3) is 1.58. The molecule has 0 spiro atoms. The smallest absolute Gasteiger partial charge is 0.184 e. The van der Waals surface area contributed by atoms with Gasteiger partial charge in [0.2, 0.25) is 0 Å². The minimum absolute atomic E-state index is 0.526. The van der Waals surface area contributed by atoms with Crippen LogP contribution >= 0.6 is 0 Å². The fourth-order valence-corrected chi connectivity index (χ4v) is 1.08. The second-order valence-electron chi connectivity index (χ2n) is 2.72. The van der Waals surface area contributed by atoms with Crippen LogP contribution < -0.4 is 0 Å². The molecule has 6 nitrogen and oxygen atoms in total. The van der Waals surface area contributed by atoms with Crippen molar-refractivity contribution in [3.05, 3.63) is 0 Å². The summed E-state index contributed by atoms with van der Waals surface area (Å²) in [4.78, 5) is 0. The Morgan fingerprint density at radius 3 is 2.00 bits per heavy atom. The van der Waals surface area contributed by atoms with Crippen molar-refractivity contribution in [2.45, 2.75) is 30.7 Å². The van der Waals surface area contributed by atoms with E-state index in [0.717, 1.165) is 0 Å². The topological polar surface area (TPSA) is 110 Å². The summed E-state index contributed by atoms with van der Waals surface area (Å²) >= 11 is 0. The summed E-state index contributed by atoms with van der Waals surface area (Å²) in [6.45, 7) is -0.526. The number of hydrogen-bond acceptors (Lipinski definition) is 6. The predicted molar refractivity (Wildman–Crippen MR) is 36.0 cm³/mol. The van der Waals surface area contributed by atoms with Crippen LogP contribution in [0, 0.1) is 0 Å². The van der Waals surface area contributed by atoms with Crippen LogP contribution in [0.25, 0.3) is 0 Å². The lowest BCUT2D eigenvalue weighted by molar-refractivity contribution is -0.286. The van der Waals surface area contributed by atoms with Gasteiger partial charge in [-0.1, -0.05) is 0 Å². The highest BCUT2D eigenvalue weighted by atomic mass is 16.6. The normalized spacial score (nSPS) is 49.2. The standard InChI is InChI=1S/C6H12O6/c7-1-2-3(8)4(9)5(10)6(11)12-2/h2-11H,1H2/t2?,3-,4+,5?,6-/m1/s1. The van der Waals surface area contributed by atoms with Crippen molar-refractivity contribution in [3.8, 4) is 0 Å². The molecule has 6 heteroatoms. The molecule has 12 heavy (non-hydrogen) atoms. The molecule has 72 valence electrons. The van der Waals surface area contributed by atoms with E-state index < -0.39 is 37.3 Å². The molecule has 5 atom stereocenters. The molecule has 0 aliphatic carbocycles. The first-order valence-corrected chi connectivity index (χ1v) is 3.56. The van der Waals surface area contributed by atoms with Crippen molar-refractivity contribution in [1.82, 2.24) is 0 Å². The van der Waals surface area contributed by atoms with E-state index in [-0.39, 0.29) is 0 Å². The second-order valence-corrected chi connectivity index (χ2v) is 2.72. The molecule has 1 aliphatic rings. The number of hydrogen-bond donors (Lipinski definition) is 5. The summed E-state index contributed by atoms with van der Waals surface area (Å²) in [6.07, 6.45) is -7.04. The summed E-state index contributed by atoms with van der Waals surface area (Å²) < 4.78 is 4.58. The zero-order valence-electron chi connectivity index (χ0n) is 6.24. The van der Waals surface area contributed by atoms with Gasteiger partial charge in [-0.2, -0.15) is 0 Å². The van der Waals surface area contributed by atoms with E-state index in [1.807, 2.05) is 0 Å². The van der Waals surface area contributed by atoms with Gasteiger partial charge in [-0.05, 0) is 0 Å². The van der Waals surface area contributed by atoms with Gasteiger partial charge < -0.3 is 30.3 Å². The van der Waals surface area contributed by atoms with Crippen molar-refractivity contribution in [2.24, 2.45) is 0 Å². The van der Waals surface area contributed by atoms with Crippen LogP contribution in [0.4, 0.5) is 0 Å². The Balaban J connectivity index is 2.63. The van der Waals surface area contributed by atoms with Crippen LogP contribution in [0.2, 0.25) is 0 Å². The first-order valence-electron chi connectivity index (χ1n) is 3.56. The maximum atomic E-state index is 9.12. The lowest BCUT2D eigenvalue weighted by Gasteiger charge is -2.37. The third-order valence-electron chi connectivity index (χ3n) is 1.87. The molecule has 0 aromatic rings. The van der Waals surface area contributed by atoms with Gasteiger partial charge >= 0.3 is 0 Å². The van der Waals surface area contributed by atoms with Crippen molar-refractivity contribution in [1.29, 1.82) is 0 Å². The minimum atomic E-state index is -1.57. The Kier molecular flexibility index (Phi) is 2.99. The minimum Gasteiger partial charge on any atom is -0.394 e. The summed E-state index contributed by atoms with van der Waals surface area (Å²) in [5.74, 6) is 0. The molecule has 1 rings (SSSR count). The number of rotatable bonds is 1. The van der Waals surface area contributed by atoms with E-state index in [2.05, 4.69) is 4.74 Å². The molecule has 0 amide bonds. The van der Waals surface area contributed by atoms with Gasteiger partial charge in [0.1, 0.15) is 24.4 Å². The van der Waals surface area contributed by atoms with Crippen molar-refractivity contribution in [3.63, 3.8) is 0 Å². The van der Waals surface area contributed by atoms with Gasteiger partial charge in [0.05, 0.1) is 6.61 Å². The third-order valence-corrected chi connectivity index (χ3v) is 1.87. The molecule has 0 bridgehead atoms. The lowest BCUT2D eigenvalue weighted by atomic mass is 10.00. The number of aliphatic hydroxyl groups excluding tert-OH is 5. The van der Waals surface area contributed by atoms with Crippen LogP contribution in [0.5, 0.6) is 0 Å². The molecule has 0 aromatic carbocycles. The Hall–Kier alpha value is -0.240. The fraction of sp³-hybridized carbons (Fsp3) is 1.00. The van der Waals surface area contributed by atoms with E-state index in [4.69, 9.17) is 25.5 Å². The van der Waals surface area contributed by atoms with Crippen LogP contribution in [-0.4, -0.2) is 62.8 Å². The van der Waals surface area contributed by atoms with Crippen LogP contribution in [0.15, 0.2) is 0 Å². The van der Waals surface area contributed by atoms with Crippen LogP contribution in [0.1, 0.15) is 0 Å². The maximum Gasteiger partial charge on any atom is 0.184 e. The highest BCUT2D eigenvalue weighted by Gasteiger charge is 2.42. The quantitative estimate of drug-likeness (QED) is 0.290. The lowest BCUT2D eigenvalue weighted by Crippen LogP contribution is -2.58. The van der Waals surface area contributed by atoms with Crippen molar-refractivity contribution >= 4 is 0 Å². The number of aliphatic hydroxyl groups is 5. The molecular weight excluding hydrogens is 168 g/mol. The summed E-state index contributed by atoms with van der Waals surface area (Å²) in [6, 6.07) is 0. The zero-order valence-corrected chi connectivity index (χ0v) is 6.24. The van der Waals surface area contributed by atoms with Gasteiger partial charge in [-0.3, -0.25) is 0 Å².